The van der Waals surface area contributed by atoms with Crippen LogP contribution in [-0.4, -0.2) is 31.6 Å². The molecule has 3 heteroatoms. The van der Waals surface area contributed by atoms with Gasteiger partial charge in [-0.15, -0.1) is 0 Å². The van der Waals surface area contributed by atoms with E-state index in [1.807, 2.05) is 12.1 Å². The van der Waals surface area contributed by atoms with E-state index < -0.39 is 0 Å². The normalized spacial score (nSPS) is 25.2. The van der Waals surface area contributed by atoms with Crippen LogP contribution in [0.4, 0.5) is 0 Å². The predicted octanol–water partition coefficient (Wildman–Crippen LogP) is 2.67. The summed E-state index contributed by atoms with van der Waals surface area (Å²) in [5.74, 6) is 2.64. The topological polar surface area (TPSA) is 38.5 Å². The number of methoxy groups -OCH3 is 1. The molecule has 106 valence electrons. The molecule has 4 atom stereocenters. The number of likely N-dealkylation sites (N-methyl/N-ethyl adjacent to an activating group) is 1. The van der Waals surface area contributed by atoms with Gasteiger partial charge in [-0.2, -0.15) is 0 Å². The van der Waals surface area contributed by atoms with Crippen LogP contribution in [0.15, 0.2) is 24.3 Å². The summed E-state index contributed by atoms with van der Waals surface area (Å²) in [6, 6.07) is 8.47. The Hall–Kier alpha value is -1.06. The summed E-state index contributed by atoms with van der Waals surface area (Å²) in [6.07, 6.45) is 1.37. The highest BCUT2D eigenvalue weighted by Gasteiger charge is 2.34. The number of hydrogen-bond acceptors (Lipinski definition) is 3. The standard InChI is InChI=1S/C16H26N2O/c1-11-9-14(11)10-18(3)12(2)16(17)13-5-7-15(19-4)8-6-13/h5-8,11-12,14,16H,9-10,17H2,1-4H3. The van der Waals surface area contributed by atoms with Crippen LogP contribution >= 0.6 is 0 Å². The van der Waals surface area contributed by atoms with Crippen LogP contribution in [0.2, 0.25) is 0 Å². The Morgan fingerprint density at radius 1 is 1.37 bits per heavy atom. The Bertz CT molecular complexity index is 404. The second kappa shape index (κ2) is 5.93. The molecule has 2 rings (SSSR count). The second-order valence-corrected chi connectivity index (χ2v) is 5.95. The molecule has 0 heterocycles. The molecule has 3 nitrogen and oxygen atoms in total. The first-order valence-corrected chi connectivity index (χ1v) is 7.12. The number of hydrogen-bond donors (Lipinski definition) is 1. The van der Waals surface area contributed by atoms with Gasteiger partial charge in [-0.3, -0.25) is 0 Å². The lowest BCUT2D eigenvalue weighted by molar-refractivity contribution is 0.215. The molecule has 0 spiro atoms. The molecule has 0 amide bonds. The number of ether oxygens (including phenoxy) is 1. The summed E-state index contributed by atoms with van der Waals surface area (Å²) in [5, 5.41) is 0. The third kappa shape index (κ3) is 3.48. The highest BCUT2D eigenvalue weighted by Crippen LogP contribution is 2.38. The fourth-order valence-electron chi connectivity index (χ4n) is 2.57. The van der Waals surface area contributed by atoms with E-state index in [-0.39, 0.29) is 6.04 Å². The Morgan fingerprint density at radius 2 is 1.95 bits per heavy atom. The monoisotopic (exact) mass is 262 g/mol. The molecule has 19 heavy (non-hydrogen) atoms. The Morgan fingerprint density at radius 3 is 2.42 bits per heavy atom. The van der Waals surface area contributed by atoms with E-state index in [0.717, 1.165) is 24.1 Å². The van der Waals surface area contributed by atoms with Crippen molar-refractivity contribution in [3.8, 4) is 5.75 Å². The van der Waals surface area contributed by atoms with Crippen molar-refractivity contribution in [2.45, 2.75) is 32.4 Å². The van der Waals surface area contributed by atoms with Gasteiger partial charge in [0.05, 0.1) is 7.11 Å². The maximum atomic E-state index is 6.38. The Kier molecular flexibility index (Phi) is 4.48. The number of benzene rings is 1. The van der Waals surface area contributed by atoms with Gasteiger partial charge in [-0.05, 0) is 49.9 Å². The smallest absolute Gasteiger partial charge is 0.118 e. The molecule has 0 saturated heterocycles. The van der Waals surface area contributed by atoms with Crippen LogP contribution in [0, 0.1) is 11.8 Å². The molecule has 1 aromatic rings. The fraction of sp³-hybridized carbons (Fsp3) is 0.625. The molecule has 0 bridgehead atoms. The molecule has 1 aromatic carbocycles. The van der Waals surface area contributed by atoms with Crippen molar-refractivity contribution >= 4 is 0 Å². The van der Waals surface area contributed by atoms with E-state index in [4.69, 9.17) is 10.5 Å². The van der Waals surface area contributed by atoms with Crippen molar-refractivity contribution in [1.29, 1.82) is 0 Å². The van der Waals surface area contributed by atoms with Gasteiger partial charge in [0.2, 0.25) is 0 Å². The minimum Gasteiger partial charge on any atom is -0.497 e. The molecule has 1 aliphatic carbocycles. The SMILES string of the molecule is COc1ccc(C(N)C(C)N(C)CC2CC2C)cc1. The maximum absolute atomic E-state index is 6.38. The highest BCUT2D eigenvalue weighted by molar-refractivity contribution is 5.29. The van der Waals surface area contributed by atoms with Crippen molar-refractivity contribution in [1.82, 2.24) is 4.90 Å². The number of rotatable bonds is 6. The molecule has 1 saturated carbocycles. The van der Waals surface area contributed by atoms with Gasteiger partial charge in [0.15, 0.2) is 0 Å². The molecule has 2 N–H and O–H groups in total. The summed E-state index contributed by atoms with van der Waals surface area (Å²) < 4.78 is 5.18. The first-order chi connectivity index (χ1) is 9.02. The zero-order valence-electron chi connectivity index (χ0n) is 12.5. The van der Waals surface area contributed by atoms with Crippen molar-refractivity contribution in [3.05, 3.63) is 29.8 Å². The molecule has 1 aliphatic rings. The summed E-state index contributed by atoms with van der Waals surface area (Å²) >= 11 is 0. The van der Waals surface area contributed by atoms with Crippen molar-refractivity contribution in [3.63, 3.8) is 0 Å². The average Bonchev–Trinajstić information content (AvgIpc) is 3.12. The van der Waals surface area contributed by atoms with Gasteiger partial charge in [-0.1, -0.05) is 19.1 Å². The second-order valence-electron chi connectivity index (χ2n) is 5.95. The van der Waals surface area contributed by atoms with Gasteiger partial charge in [-0.25, -0.2) is 0 Å². The Balaban J connectivity index is 1.94. The van der Waals surface area contributed by atoms with Crippen LogP contribution in [-0.2, 0) is 0 Å². The summed E-state index contributed by atoms with van der Waals surface area (Å²) in [5.41, 5.74) is 7.55. The van der Waals surface area contributed by atoms with E-state index >= 15 is 0 Å². The lowest BCUT2D eigenvalue weighted by atomic mass is 10.00. The van der Waals surface area contributed by atoms with Gasteiger partial charge >= 0.3 is 0 Å². The number of nitrogens with two attached hydrogens (primary N) is 1. The summed E-state index contributed by atoms with van der Waals surface area (Å²) in [6.45, 7) is 5.70. The number of nitrogens with zero attached hydrogens (tertiary/aromatic N) is 1. The van der Waals surface area contributed by atoms with E-state index in [0.29, 0.717) is 6.04 Å². The molecule has 0 radical (unpaired) electrons. The average molecular weight is 262 g/mol. The van der Waals surface area contributed by atoms with Gasteiger partial charge in [0.25, 0.3) is 0 Å². The van der Waals surface area contributed by atoms with E-state index in [1.165, 1.54) is 12.0 Å². The van der Waals surface area contributed by atoms with Crippen molar-refractivity contribution in [2.24, 2.45) is 17.6 Å². The van der Waals surface area contributed by atoms with E-state index in [2.05, 4.69) is 37.9 Å². The largest absolute Gasteiger partial charge is 0.497 e. The lowest BCUT2D eigenvalue weighted by Crippen LogP contribution is -2.39. The van der Waals surface area contributed by atoms with Crippen LogP contribution < -0.4 is 10.5 Å². The molecular weight excluding hydrogens is 236 g/mol. The fourth-order valence-corrected chi connectivity index (χ4v) is 2.57. The van der Waals surface area contributed by atoms with Crippen LogP contribution in [0.3, 0.4) is 0 Å². The first kappa shape index (κ1) is 14.4. The minimum atomic E-state index is 0.0463. The van der Waals surface area contributed by atoms with E-state index in [1.54, 1.807) is 7.11 Å². The van der Waals surface area contributed by atoms with Crippen molar-refractivity contribution < 1.29 is 4.74 Å². The maximum Gasteiger partial charge on any atom is 0.118 e. The van der Waals surface area contributed by atoms with E-state index in [9.17, 15) is 0 Å². The summed E-state index contributed by atoms with van der Waals surface area (Å²) in [4.78, 5) is 2.39. The molecule has 1 fully saturated rings. The third-order valence-corrected chi connectivity index (χ3v) is 4.51. The highest BCUT2D eigenvalue weighted by atomic mass is 16.5. The zero-order chi connectivity index (χ0) is 14.0. The molecule has 0 aromatic heterocycles. The third-order valence-electron chi connectivity index (χ3n) is 4.51. The molecule has 4 unspecified atom stereocenters. The van der Waals surface area contributed by atoms with Crippen LogP contribution in [0.25, 0.3) is 0 Å². The van der Waals surface area contributed by atoms with Crippen molar-refractivity contribution in [2.75, 3.05) is 20.7 Å². The van der Waals surface area contributed by atoms with Crippen LogP contribution in [0.1, 0.15) is 31.9 Å². The van der Waals surface area contributed by atoms with Gasteiger partial charge in [0, 0.05) is 18.6 Å². The summed E-state index contributed by atoms with van der Waals surface area (Å²) in [7, 11) is 3.86. The van der Waals surface area contributed by atoms with Gasteiger partial charge in [0.1, 0.15) is 5.75 Å². The first-order valence-electron chi connectivity index (χ1n) is 7.12. The quantitative estimate of drug-likeness (QED) is 0.856. The minimum absolute atomic E-state index is 0.0463. The molecular formula is C16H26N2O. The zero-order valence-corrected chi connectivity index (χ0v) is 12.5. The van der Waals surface area contributed by atoms with Gasteiger partial charge < -0.3 is 15.4 Å². The Labute approximate surface area is 116 Å². The predicted molar refractivity (Wildman–Crippen MR) is 79.3 cm³/mol. The van der Waals surface area contributed by atoms with Crippen LogP contribution in [0.5, 0.6) is 5.75 Å². The molecule has 0 aliphatic heterocycles. The lowest BCUT2D eigenvalue weighted by Gasteiger charge is -2.30.